The standard InChI is InChI=1S/C22H23F4N3O/c1-13-7-18-17(27-20(13)28-19(30)11-21(2,3)4)5-6-29(18)12-14-8-15(22(24,25)26)10-16(23)9-14/h5-10H,11-12H2,1-4H3,(H,27,28,30). The molecule has 8 heteroatoms. The van der Waals surface area contributed by atoms with Crippen molar-refractivity contribution >= 4 is 22.8 Å². The lowest BCUT2D eigenvalue weighted by atomic mass is 9.92. The predicted octanol–water partition coefficient (Wildman–Crippen LogP) is 5.93. The van der Waals surface area contributed by atoms with Gasteiger partial charge in [-0.2, -0.15) is 13.2 Å². The Morgan fingerprint density at radius 2 is 1.83 bits per heavy atom. The van der Waals surface area contributed by atoms with Crippen LogP contribution >= 0.6 is 0 Å². The molecule has 0 spiro atoms. The molecule has 0 unspecified atom stereocenters. The summed E-state index contributed by atoms with van der Waals surface area (Å²) in [5.74, 6) is -0.634. The van der Waals surface area contributed by atoms with Gasteiger partial charge >= 0.3 is 6.18 Å². The zero-order chi connectivity index (χ0) is 22.3. The summed E-state index contributed by atoms with van der Waals surface area (Å²) in [4.78, 5) is 16.7. The predicted molar refractivity (Wildman–Crippen MR) is 108 cm³/mol. The SMILES string of the molecule is Cc1cc2c(ccn2Cc2cc(F)cc(C(F)(F)F)c2)nc1NC(=O)CC(C)(C)C. The Balaban J connectivity index is 1.89. The Morgan fingerprint density at radius 3 is 2.47 bits per heavy atom. The number of anilines is 1. The molecule has 0 saturated carbocycles. The number of hydrogen-bond donors (Lipinski definition) is 1. The quantitative estimate of drug-likeness (QED) is 0.531. The van der Waals surface area contributed by atoms with Crippen LogP contribution in [-0.2, 0) is 17.5 Å². The summed E-state index contributed by atoms with van der Waals surface area (Å²) in [5, 5.41) is 2.82. The number of pyridine rings is 1. The molecule has 1 amide bonds. The van der Waals surface area contributed by atoms with Gasteiger partial charge in [0.1, 0.15) is 11.6 Å². The van der Waals surface area contributed by atoms with E-state index in [2.05, 4.69) is 10.3 Å². The van der Waals surface area contributed by atoms with Gasteiger partial charge < -0.3 is 9.88 Å². The highest BCUT2D eigenvalue weighted by molar-refractivity contribution is 5.92. The molecule has 0 atom stereocenters. The third kappa shape index (κ3) is 5.17. The third-order valence-corrected chi connectivity index (χ3v) is 4.53. The van der Waals surface area contributed by atoms with E-state index in [1.165, 1.54) is 0 Å². The molecule has 0 aliphatic rings. The zero-order valence-corrected chi connectivity index (χ0v) is 17.2. The van der Waals surface area contributed by atoms with Gasteiger partial charge in [-0.15, -0.1) is 0 Å². The van der Waals surface area contributed by atoms with Crippen LogP contribution in [0.25, 0.3) is 11.0 Å². The van der Waals surface area contributed by atoms with Crippen LogP contribution in [0.3, 0.4) is 0 Å². The summed E-state index contributed by atoms with van der Waals surface area (Å²) in [5.41, 5.74) is 0.997. The Bertz CT molecular complexity index is 1090. The molecule has 0 fully saturated rings. The molecule has 0 radical (unpaired) electrons. The molecule has 0 aliphatic carbocycles. The molecule has 3 aromatic rings. The van der Waals surface area contributed by atoms with Gasteiger partial charge in [0.25, 0.3) is 0 Å². The van der Waals surface area contributed by atoms with Crippen molar-refractivity contribution in [3.63, 3.8) is 0 Å². The van der Waals surface area contributed by atoms with Crippen LogP contribution < -0.4 is 5.32 Å². The van der Waals surface area contributed by atoms with Gasteiger partial charge in [-0.3, -0.25) is 4.79 Å². The fraction of sp³-hybridized carbons (Fsp3) is 0.364. The molecule has 30 heavy (non-hydrogen) atoms. The number of fused-ring (bicyclic) bond motifs is 1. The number of halogens is 4. The second-order valence-electron chi connectivity index (χ2n) is 8.63. The van der Waals surface area contributed by atoms with E-state index in [0.29, 0.717) is 29.3 Å². The van der Waals surface area contributed by atoms with E-state index < -0.39 is 17.6 Å². The van der Waals surface area contributed by atoms with E-state index in [1.807, 2.05) is 20.8 Å². The number of nitrogens with zero attached hydrogens (tertiary/aromatic N) is 2. The Labute approximate surface area is 171 Å². The number of hydrogen-bond acceptors (Lipinski definition) is 2. The van der Waals surface area contributed by atoms with Crippen molar-refractivity contribution in [2.75, 3.05) is 5.32 Å². The maximum absolute atomic E-state index is 13.7. The Hall–Kier alpha value is -2.90. The molecular formula is C22H23F4N3O. The summed E-state index contributed by atoms with van der Waals surface area (Å²) in [7, 11) is 0. The normalized spacial score (nSPS) is 12.4. The van der Waals surface area contributed by atoms with Crippen molar-refractivity contribution in [2.45, 2.75) is 46.8 Å². The highest BCUT2D eigenvalue weighted by atomic mass is 19.4. The van der Waals surface area contributed by atoms with E-state index in [-0.39, 0.29) is 23.4 Å². The van der Waals surface area contributed by atoms with Gasteiger partial charge in [0.15, 0.2) is 0 Å². The highest BCUT2D eigenvalue weighted by Crippen LogP contribution is 2.31. The van der Waals surface area contributed by atoms with Crippen molar-refractivity contribution in [3.8, 4) is 0 Å². The number of aryl methyl sites for hydroxylation is 1. The van der Waals surface area contributed by atoms with E-state index in [4.69, 9.17) is 0 Å². The number of alkyl halides is 3. The van der Waals surface area contributed by atoms with Crippen LogP contribution in [0.15, 0.2) is 36.5 Å². The molecule has 0 saturated heterocycles. The number of rotatable bonds is 4. The smallest absolute Gasteiger partial charge is 0.342 e. The first-order valence-electron chi connectivity index (χ1n) is 9.45. The molecule has 1 N–H and O–H groups in total. The highest BCUT2D eigenvalue weighted by Gasteiger charge is 2.31. The summed E-state index contributed by atoms with van der Waals surface area (Å²) < 4.78 is 54.3. The number of carbonyl (C=O) groups excluding carboxylic acids is 1. The summed E-state index contributed by atoms with van der Waals surface area (Å²) in [6.45, 7) is 7.74. The molecule has 4 nitrogen and oxygen atoms in total. The number of benzene rings is 1. The molecule has 3 rings (SSSR count). The minimum atomic E-state index is -4.62. The van der Waals surface area contributed by atoms with Crippen LogP contribution in [0.5, 0.6) is 0 Å². The number of amides is 1. The molecule has 2 heterocycles. The lowest BCUT2D eigenvalue weighted by Gasteiger charge is -2.17. The van der Waals surface area contributed by atoms with Crippen LogP contribution in [0.2, 0.25) is 0 Å². The van der Waals surface area contributed by atoms with Gasteiger partial charge in [0.05, 0.1) is 16.6 Å². The topological polar surface area (TPSA) is 46.9 Å². The maximum Gasteiger partial charge on any atom is 0.416 e. The Kier molecular flexibility index (Phi) is 5.62. The first-order chi connectivity index (χ1) is 13.8. The van der Waals surface area contributed by atoms with Gasteiger partial charge in [-0.1, -0.05) is 20.8 Å². The van der Waals surface area contributed by atoms with Crippen LogP contribution in [0, 0.1) is 18.2 Å². The molecular weight excluding hydrogens is 398 g/mol. The van der Waals surface area contributed by atoms with Crippen LogP contribution in [-0.4, -0.2) is 15.5 Å². The molecule has 0 aliphatic heterocycles. The summed E-state index contributed by atoms with van der Waals surface area (Å²) >= 11 is 0. The second kappa shape index (κ2) is 7.74. The number of aromatic nitrogens is 2. The lowest BCUT2D eigenvalue weighted by Crippen LogP contribution is -2.20. The largest absolute Gasteiger partial charge is 0.416 e. The summed E-state index contributed by atoms with van der Waals surface area (Å²) in [6, 6.07) is 6.02. The van der Waals surface area contributed by atoms with Gasteiger partial charge in [0.2, 0.25) is 5.91 Å². The lowest BCUT2D eigenvalue weighted by molar-refractivity contribution is -0.137. The first-order valence-corrected chi connectivity index (χ1v) is 9.45. The fourth-order valence-electron chi connectivity index (χ4n) is 3.23. The van der Waals surface area contributed by atoms with Crippen LogP contribution in [0.1, 0.15) is 43.9 Å². The van der Waals surface area contributed by atoms with Crippen molar-refractivity contribution < 1.29 is 22.4 Å². The van der Waals surface area contributed by atoms with Crippen molar-refractivity contribution in [1.82, 2.24) is 9.55 Å². The van der Waals surface area contributed by atoms with Crippen molar-refractivity contribution in [3.05, 3.63) is 59.0 Å². The van der Waals surface area contributed by atoms with Crippen molar-refractivity contribution in [2.24, 2.45) is 5.41 Å². The van der Waals surface area contributed by atoms with Crippen LogP contribution in [0.4, 0.5) is 23.4 Å². The number of carbonyl (C=O) groups is 1. The average Bonchev–Trinajstić information content (AvgIpc) is 2.94. The number of nitrogens with one attached hydrogen (secondary N) is 1. The van der Waals surface area contributed by atoms with E-state index in [1.54, 1.807) is 29.8 Å². The monoisotopic (exact) mass is 421 g/mol. The zero-order valence-electron chi connectivity index (χ0n) is 17.2. The van der Waals surface area contributed by atoms with E-state index >= 15 is 0 Å². The van der Waals surface area contributed by atoms with E-state index in [9.17, 15) is 22.4 Å². The second-order valence-corrected chi connectivity index (χ2v) is 8.63. The van der Waals surface area contributed by atoms with Gasteiger partial charge in [0, 0.05) is 19.2 Å². The van der Waals surface area contributed by atoms with E-state index in [0.717, 1.165) is 17.7 Å². The molecule has 1 aromatic carbocycles. The van der Waals surface area contributed by atoms with Gasteiger partial charge in [-0.05, 0) is 53.8 Å². The fourth-order valence-corrected chi connectivity index (χ4v) is 3.23. The molecule has 0 bridgehead atoms. The minimum Gasteiger partial charge on any atom is -0.342 e. The molecule has 2 aromatic heterocycles. The van der Waals surface area contributed by atoms with Gasteiger partial charge in [-0.25, -0.2) is 9.37 Å². The first kappa shape index (κ1) is 21.8. The minimum absolute atomic E-state index is 0.0567. The summed E-state index contributed by atoms with van der Waals surface area (Å²) in [6.07, 6.45) is -2.60. The third-order valence-electron chi connectivity index (χ3n) is 4.53. The van der Waals surface area contributed by atoms with Crippen molar-refractivity contribution in [1.29, 1.82) is 0 Å². The maximum atomic E-state index is 13.7. The Morgan fingerprint density at radius 1 is 1.13 bits per heavy atom. The molecule has 160 valence electrons. The average molecular weight is 421 g/mol.